The summed E-state index contributed by atoms with van der Waals surface area (Å²) in [5, 5.41) is 9.85. The molecule has 0 saturated heterocycles. The molecule has 0 aromatic heterocycles. The summed E-state index contributed by atoms with van der Waals surface area (Å²) in [5.74, 6) is 5.14. The van der Waals surface area contributed by atoms with Gasteiger partial charge >= 0.3 is 0 Å². The number of allylic oxidation sites excluding steroid dienone is 2. The molecule has 0 bridgehead atoms. The normalized spacial score (nSPS) is 37.4. The predicted molar refractivity (Wildman–Crippen MR) is 109 cm³/mol. The number of aryl methyl sites for hydroxylation is 1. The quantitative estimate of drug-likeness (QED) is 0.599. The van der Waals surface area contributed by atoms with Gasteiger partial charge in [-0.25, -0.2) is 0 Å². The summed E-state index contributed by atoms with van der Waals surface area (Å²) >= 11 is 0. The Bertz CT molecular complexity index is 687. The van der Waals surface area contributed by atoms with Crippen LogP contribution in [0.2, 0.25) is 0 Å². The minimum Gasteiger partial charge on any atom is -0.508 e. The highest BCUT2D eigenvalue weighted by atomic mass is 16.3. The lowest BCUT2D eigenvalue weighted by molar-refractivity contribution is 0.0178. The first-order chi connectivity index (χ1) is 12.4. The smallest absolute Gasteiger partial charge is 0.115 e. The first-order valence-corrected chi connectivity index (χ1v) is 10.9. The van der Waals surface area contributed by atoms with Crippen LogP contribution in [0, 0.1) is 35.0 Å². The highest BCUT2D eigenvalue weighted by Crippen LogP contribution is 2.64. The second-order valence-electron chi connectivity index (χ2n) is 10.0. The molecule has 26 heavy (non-hydrogen) atoms. The first-order valence-electron chi connectivity index (χ1n) is 10.9. The predicted octanol–water partition coefficient (Wildman–Crippen LogP) is 6.71. The van der Waals surface area contributed by atoms with Gasteiger partial charge in [-0.15, -0.1) is 0 Å². The molecular weight excluding hydrogens is 316 g/mol. The van der Waals surface area contributed by atoms with E-state index in [9.17, 15) is 5.11 Å². The Morgan fingerprint density at radius 3 is 2.65 bits per heavy atom. The summed E-state index contributed by atoms with van der Waals surface area (Å²) < 4.78 is 0. The Hall–Kier alpha value is -1.24. The van der Waals surface area contributed by atoms with Crippen LogP contribution in [0.25, 0.3) is 0 Å². The van der Waals surface area contributed by atoms with E-state index in [2.05, 4.69) is 45.9 Å². The van der Waals surface area contributed by atoms with Crippen LogP contribution in [0.4, 0.5) is 0 Å². The standard InChI is InChI=1S/C25H36O/c1-16(2)5-6-17(3)23-11-12-24-22-9-7-18-15-19(26)8-10-20(18)21(22)13-14-25(23,24)4/h5-6,8,10,15-17,21-24,26H,7,9,11-14H2,1-4H3/t17-,21-,22-,23-,24+,25-/m1/s1. The Morgan fingerprint density at radius 2 is 1.88 bits per heavy atom. The van der Waals surface area contributed by atoms with Crippen molar-refractivity contribution in [2.45, 2.75) is 72.1 Å². The van der Waals surface area contributed by atoms with E-state index in [4.69, 9.17) is 0 Å². The molecule has 142 valence electrons. The monoisotopic (exact) mass is 352 g/mol. The number of phenols is 1. The third-order valence-corrected chi connectivity index (χ3v) is 8.22. The van der Waals surface area contributed by atoms with Gasteiger partial charge < -0.3 is 5.11 Å². The van der Waals surface area contributed by atoms with E-state index < -0.39 is 0 Å². The topological polar surface area (TPSA) is 20.2 Å². The van der Waals surface area contributed by atoms with Gasteiger partial charge in [-0.1, -0.05) is 45.9 Å². The molecule has 3 aliphatic rings. The number of phenolic OH excluding ortho intramolecular Hbond substituents is 1. The Labute approximate surface area is 159 Å². The lowest BCUT2D eigenvalue weighted by Crippen LogP contribution is -2.43. The fourth-order valence-electron chi connectivity index (χ4n) is 7.00. The summed E-state index contributed by atoms with van der Waals surface area (Å²) in [6.45, 7) is 9.65. The zero-order chi connectivity index (χ0) is 18.5. The van der Waals surface area contributed by atoms with Gasteiger partial charge in [0.15, 0.2) is 0 Å². The number of hydrogen-bond acceptors (Lipinski definition) is 1. The largest absolute Gasteiger partial charge is 0.508 e. The lowest BCUT2D eigenvalue weighted by atomic mass is 9.53. The lowest BCUT2D eigenvalue weighted by Gasteiger charge is -2.51. The van der Waals surface area contributed by atoms with Crippen LogP contribution in [-0.4, -0.2) is 5.11 Å². The molecule has 1 nitrogen and oxygen atoms in total. The van der Waals surface area contributed by atoms with Crippen LogP contribution in [0.5, 0.6) is 5.75 Å². The van der Waals surface area contributed by atoms with E-state index >= 15 is 0 Å². The van der Waals surface area contributed by atoms with Gasteiger partial charge in [-0.3, -0.25) is 0 Å². The molecule has 0 radical (unpaired) electrons. The van der Waals surface area contributed by atoms with Crippen molar-refractivity contribution in [2.24, 2.45) is 35.0 Å². The Kier molecular flexibility index (Phi) is 4.70. The van der Waals surface area contributed by atoms with Gasteiger partial charge in [0, 0.05) is 0 Å². The van der Waals surface area contributed by atoms with Crippen molar-refractivity contribution in [2.75, 3.05) is 0 Å². The molecule has 0 heterocycles. The van der Waals surface area contributed by atoms with E-state index in [-0.39, 0.29) is 0 Å². The van der Waals surface area contributed by atoms with Crippen molar-refractivity contribution >= 4 is 0 Å². The van der Waals surface area contributed by atoms with Crippen molar-refractivity contribution in [1.82, 2.24) is 0 Å². The highest BCUT2D eigenvalue weighted by molar-refractivity contribution is 5.40. The van der Waals surface area contributed by atoms with E-state index in [0.29, 0.717) is 23.0 Å². The Balaban J connectivity index is 1.58. The average Bonchev–Trinajstić information content (AvgIpc) is 2.96. The summed E-state index contributed by atoms with van der Waals surface area (Å²) in [4.78, 5) is 0. The van der Waals surface area contributed by atoms with Crippen LogP contribution in [-0.2, 0) is 6.42 Å². The van der Waals surface area contributed by atoms with E-state index in [0.717, 1.165) is 30.1 Å². The van der Waals surface area contributed by atoms with Gasteiger partial charge in [0.1, 0.15) is 5.75 Å². The number of hydrogen-bond donors (Lipinski definition) is 1. The van der Waals surface area contributed by atoms with Gasteiger partial charge in [0.2, 0.25) is 0 Å². The van der Waals surface area contributed by atoms with Gasteiger partial charge in [0.25, 0.3) is 0 Å². The molecule has 4 rings (SSSR count). The first kappa shape index (κ1) is 18.1. The summed E-state index contributed by atoms with van der Waals surface area (Å²) in [7, 11) is 0. The molecule has 0 aliphatic heterocycles. The summed E-state index contributed by atoms with van der Waals surface area (Å²) in [6, 6.07) is 6.16. The number of rotatable bonds is 3. The summed E-state index contributed by atoms with van der Waals surface area (Å²) in [5.41, 5.74) is 3.49. The maximum absolute atomic E-state index is 9.85. The van der Waals surface area contributed by atoms with Crippen molar-refractivity contribution < 1.29 is 5.11 Å². The maximum atomic E-state index is 9.85. The summed E-state index contributed by atoms with van der Waals surface area (Å²) in [6.07, 6.45) is 13.0. The SMILES string of the molecule is CC(C)C=C[C@@H](C)[C@H]1CC[C@H]2[C@@H]3CCc4cc(O)ccc4[C@H]3CC[C@]12C. The zero-order valence-electron chi connectivity index (χ0n) is 17.0. The number of aromatic hydroxyl groups is 1. The van der Waals surface area contributed by atoms with Crippen LogP contribution in [0.1, 0.15) is 76.8 Å². The third kappa shape index (κ3) is 2.92. The molecule has 1 aromatic carbocycles. The van der Waals surface area contributed by atoms with Crippen LogP contribution < -0.4 is 0 Å². The molecule has 1 heteroatoms. The molecule has 6 atom stereocenters. The molecular formula is C25H36O. The second-order valence-corrected chi connectivity index (χ2v) is 10.0. The van der Waals surface area contributed by atoms with Gasteiger partial charge in [-0.2, -0.15) is 0 Å². The van der Waals surface area contributed by atoms with Crippen molar-refractivity contribution in [3.05, 3.63) is 41.5 Å². The molecule has 2 saturated carbocycles. The fourth-order valence-corrected chi connectivity index (χ4v) is 7.00. The van der Waals surface area contributed by atoms with E-state index in [1.807, 2.05) is 12.1 Å². The van der Waals surface area contributed by atoms with Crippen molar-refractivity contribution in [3.63, 3.8) is 0 Å². The Morgan fingerprint density at radius 1 is 1.08 bits per heavy atom. The zero-order valence-corrected chi connectivity index (χ0v) is 17.0. The van der Waals surface area contributed by atoms with Crippen molar-refractivity contribution in [1.29, 1.82) is 0 Å². The van der Waals surface area contributed by atoms with Crippen LogP contribution in [0.15, 0.2) is 30.4 Å². The molecule has 0 amide bonds. The minimum absolute atomic E-state index is 0.439. The van der Waals surface area contributed by atoms with E-state index in [1.165, 1.54) is 37.7 Å². The highest BCUT2D eigenvalue weighted by Gasteiger charge is 2.55. The number of fused-ring (bicyclic) bond motifs is 5. The second kappa shape index (κ2) is 6.73. The van der Waals surface area contributed by atoms with Crippen LogP contribution >= 0.6 is 0 Å². The molecule has 0 unspecified atom stereocenters. The van der Waals surface area contributed by atoms with Gasteiger partial charge in [-0.05, 0) is 103 Å². The molecule has 1 aromatic rings. The van der Waals surface area contributed by atoms with Gasteiger partial charge in [0.05, 0.1) is 0 Å². The number of benzene rings is 1. The van der Waals surface area contributed by atoms with Crippen LogP contribution in [0.3, 0.4) is 0 Å². The average molecular weight is 353 g/mol. The van der Waals surface area contributed by atoms with E-state index in [1.54, 1.807) is 5.56 Å². The molecule has 1 N–H and O–H groups in total. The minimum atomic E-state index is 0.439. The van der Waals surface area contributed by atoms with Crippen molar-refractivity contribution in [3.8, 4) is 5.75 Å². The third-order valence-electron chi connectivity index (χ3n) is 8.22. The maximum Gasteiger partial charge on any atom is 0.115 e. The molecule has 0 spiro atoms. The fraction of sp³-hybridized carbons (Fsp3) is 0.680. The molecule has 3 aliphatic carbocycles. The molecule has 2 fully saturated rings.